The number of alkyl halides is 3. The largest absolute Gasteiger partial charge is 0.413 e. The minimum atomic E-state index is -4.37. The summed E-state index contributed by atoms with van der Waals surface area (Å²) in [5.41, 5.74) is 2.10. The maximum atomic E-state index is 11.8. The average Bonchev–Trinajstić information content (AvgIpc) is 2.40. The molecule has 1 fully saturated rings. The normalized spacial score (nSPS) is 25.6. The van der Waals surface area contributed by atoms with Crippen LogP contribution in [0.2, 0.25) is 0 Å². The highest BCUT2D eigenvalue weighted by molar-refractivity contribution is 4.75. The van der Waals surface area contributed by atoms with E-state index in [-0.39, 0.29) is 19.3 Å². The molecule has 1 saturated carbocycles. The predicted octanol–water partition coefficient (Wildman–Crippen LogP) is 2.42. The van der Waals surface area contributed by atoms with Crippen LogP contribution in [0.3, 0.4) is 0 Å². The fourth-order valence-corrected chi connectivity index (χ4v) is 2.44. The zero-order valence-electron chi connectivity index (χ0n) is 11.8. The number of hydrogen-bond acceptors (Lipinski definition) is 4. The fraction of sp³-hybridized carbons (Fsp3) is 1.00. The molecule has 20 heavy (non-hydrogen) atoms. The second kappa shape index (κ2) is 8.81. The van der Waals surface area contributed by atoms with Crippen molar-refractivity contribution < 1.29 is 27.9 Å². The summed E-state index contributed by atoms with van der Waals surface area (Å²) < 4.78 is 41.1. The molecular formula is C13H24F3NO3. The molecule has 0 aliphatic heterocycles. The summed E-state index contributed by atoms with van der Waals surface area (Å²) in [6, 6.07) is 0. The molecule has 1 aliphatic carbocycles. The van der Waals surface area contributed by atoms with E-state index in [1.54, 1.807) is 0 Å². The monoisotopic (exact) mass is 299 g/mol. The molecule has 0 spiro atoms. The Labute approximate surface area is 117 Å². The third-order valence-corrected chi connectivity index (χ3v) is 3.52. The van der Waals surface area contributed by atoms with Crippen molar-refractivity contribution in [3.63, 3.8) is 0 Å². The molecule has 1 aliphatic rings. The smallest absolute Gasteiger partial charge is 0.389 e. The highest BCUT2D eigenvalue weighted by Crippen LogP contribution is 2.29. The Morgan fingerprint density at radius 2 is 2.00 bits per heavy atom. The lowest BCUT2D eigenvalue weighted by Gasteiger charge is -2.31. The van der Waals surface area contributed by atoms with Crippen molar-refractivity contribution >= 4 is 0 Å². The van der Waals surface area contributed by atoms with E-state index in [9.17, 15) is 18.3 Å². The van der Waals surface area contributed by atoms with Crippen LogP contribution in [0.15, 0.2) is 0 Å². The number of halogens is 3. The zero-order valence-corrected chi connectivity index (χ0v) is 11.8. The average molecular weight is 299 g/mol. The summed E-state index contributed by atoms with van der Waals surface area (Å²) in [6.45, 7) is 0.777. The van der Waals surface area contributed by atoms with E-state index in [2.05, 4.69) is 17.2 Å². The lowest BCUT2D eigenvalue weighted by Crippen LogP contribution is -2.36. The molecule has 7 heteroatoms. The molecule has 0 bridgehead atoms. The molecule has 1 rings (SSSR count). The molecular weight excluding hydrogens is 275 g/mol. The Bertz CT molecular complexity index is 264. The summed E-state index contributed by atoms with van der Waals surface area (Å²) in [5, 5.41) is 9.62. The van der Waals surface area contributed by atoms with Crippen molar-refractivity contribution in [2.24, 2.45) is 5.92 Å². The van der Waals surface area contributed by atoms with Crippen molar-refractivity contribution in [1.82, 2.24) is 5.48 Å². The number of hydrogen-bond donors (Lipinski definition) is 2. The van der Waals surface area contributed by atoms with Crippen molar-refractivity contribution in [3.8, 4) is 0 Å². The molecule has 4 nitrogen and oxygen atoms in total. The van der Waals surface area contributed by atoms with Crippen molar-refractivity contribution in [2.45, 2.75) is 57.4 Å². The molecule has 120 valence electrons. The quantitative estimate of drug-likeness (QED) is 0.534. The van der Waals surface area contributed by atoms with Gasteiger partial charge in [-0.05, 0) is 18.8 Å². The Morgan fingerprint density at radius 1 is 1.30 bits per heavy atom. The van der Waals surface area contributed by atoms with Gasteiger partial charge in [0.2, 0.25) is 0 Å². The number of aliphatic hydroxyl groups excluding tert-OH is 1. The number of ether oxygens (including phenoxy) is 1. The van der Waals surface area contributed by atoms with Gasteiger partial charge < -0.3 is 9.84 Å². The molecule has 0 radical (unpaired) electrons. The number of rotatable bonds is 8. The maximum Gasteiger partial charge on any atom is 0.413 e. The minimum Gasteiger partial charge on any atom is -0.389 e. The van der Waals surface area contributed by atoms with Gasteiger partial charge in [0.25, 0.3) is 0 Å². The van der Waals surface area contributed by atoms with Crippen LogP contribution < -0.4 is 5.48 Å². The highest BCUT2D eigenvalue weighted by Gasteiger charge is 2.28. The first-order valence-corrected chi connectivity index (χ1v) is 7.13. The molecule has 0 heterocycles. The van der Waals surface area contributed by atoms with Crippen LogP contribution in [0, 0.1) is 5.92 Å². The van der Waals surface area contributed by atoms with Gasteiger partial charge in [-0.1, -0.05) is 26.2 Å². The lowest BCUT2D eigenvalue weighted by atomic mass is 9.85. The highest BCUT2D eigenvalue weighted by atomic mass is 19.4. The molecule has 3 unspecified atom stereocenters. The van der Waals surface area contributed by atoms with Crippen molar-refractivity contribution in [2.75, 3.05) is 19.8 Å². The van der Waals surface area contributed by atoms with Crippen LogP contribution in [0.5, 0.6) is 0 Å². The standard InChI is InChI=1S/C13H24F3NO3/c1-2-10-5-3-4-6-12(10)19-8-11(18)7-17-20-9-13(14,15)16/h10-12,17-18H,2-9H2,1H3. The van der Waals surface area contributed by atoms with Crippen LogP contribution in [-0.4, -0.2) is 43.2 Å². The first-order chi connectivity index (χ1) is 9.42. The summed E-state index contributed by atoms with van der Waals surface area (Å²) in [4.78, 5) is 4.21. The topological polar surface area (TPSA) is 50.7 Å². The summed E-state index contributed by atoms with van der Waals surface area (Å²) in [6.07, 6.45) is 0.437. The first kappa shape index (κ1) is 17.7. The summed E-state index contributed by atoms with van der Waals surface area (Å²) >= 11 is 0. The van der Waals surface area contributed by atoms with Gasteiger partial charge in [-0.25, -0.2) is 0 Å². The maximum absolute atomic E-state index is 11.8. The Morgan fingerprint density at radius 3 is 2.65 bits per heavy atom. The van der Waals surface area contributed by atoms with E-state index in [1.807, 2.05) is 0 Å². The van der Waals surface area contributed by atoms with Crippen LogP contribution in [0.1, 0.15) is 39.0 Å². The first-order valence-electron chi connectivity index (χ1n) is 7.13. The number of hydroxylamine groups is 1. The van der Waals surface area contributed by atoms with Crippen molar-refractivity contribution in [3.05, 3.63) is 0 Å². The van der Waals surface area contributed by atoms with Crippen LogP contribution in [0.4, 0.5) is 13.2 Å². The molecule has 0 aromatic carbocycles. The molecule has 0 aromatic rings. The predicted molar refractivity (Wildman–Crippen MR) is 68.0 cm³/mol. The molecule has 0 amide bonds. The van der Waals surface area contributed by atoms with Gasteiger partial charge in [-0.2, -0.15) is 18.7 Å². The van der Waals surface area contributed by atoms with Gasteiger partial charge in [0.05, 0.1) is 18.8 Å². The lowest BCUT2D eigenvalue weighted by molar-refractivity contribution is -0.191. The van der Waals surface area contributed by atoms with Crippen LogP contribution >= 0.6 is 0 Å². The molecule has 2 N–H and O–H groups in total. The SMILES string of the molecule is CCC1CCCCC1OCC(O)CNOCC(F)(F)F. The Kier molecular flexibility index (Phi) is 7.79. The van der Waals surface area contributed by atoms with Crippen LogP contribution in [-0.2, 0) is 9.57 Å². The van der Waals surface area contributed by atoms with Gasteiger partial charge in [0, 0.05) is 6.54 Å². The third kappa shape index (κ3) is 7.42. The summed E-state index contributed by atoms with van der Waals surface area (Å²) in [7, 11) is 0. The molecule has 0 aromatic heterocycles. The van der Waals surface area contributed by atoms with Gasteiger partial charge in [-0.3, -0.25) is 4.84 Å². The van der Waals surface area contributed by atoms with Gasteiger partial charge in [0.1, 0.15) is 0 Å². The summed E-state index contributed by atoms with van der Waals surface area (Å²) in [5.74, 6) is 0.519. The molecule has 0 saturated heterocycles. The van der Waals surface area contributed by atoms with Crippen LogP contribution in [0.25, 0.3) is 0 Å². The van der Waals surface area contributed by atoms with Gasteiger partial charge >= 0.3 is 6.18 Å². The van der Waals surface area contributed by atoms with E-state index in [4.69, 9.17) is 4.74 Å². The van der Waals surface area contributed by atoms with E-state index >= 15 is 0 Å². The second-order valence-electron chi connectivity index (χ2n) is 5.23. The van der Waals surface area contributed by atoms with E-state index in [1.165, 1.54) is 6.42 Å². The van der Waals surface area contributed by atoms with E-state index < -0.39 is 18.9 Å². The van der Waals surface area contributed by atoms with Gasteiger partial charge in [-0.15, -0.1) is 0 Å². The second-order valence-corrected chi connectivity index (χ2v) is 5.23. The minimum absolute atomic E-state index is 0.0837. The fourth-order valence-electron chi connectivity index (χ4n) is 2.44. The Hall–Kier alpha value is -0.370. The third-order valence-electron chi connectivity index (χ3n) is 3.52. The molecule has 3 atom stereocenters. The van der Waals surface area contributed by atoms with E-state index in [0.29, 0.717) is 5.92 Å². The van der Waals surface area contributed by atoms with Crippen molar-refractivity contribution in [1.29, 1.82) is 0 Å². The number of aliphatic hydroxyl groups is 1. The zero-order chi connectivity index (χ0) is 15.0. The Balaban J connectivity index is 2.11. The number of nitrogens with one attached hydrogen (secondary N) is 1. The van der Waals surface area contributed by atoms with E-state index in [0.717, 1.165) is 25.7 Å². The van der Waals surface area contributed by atoms with Gasteiger partial charge in [0.15, 0.2) is 6.61 Å².